The summed E-state index contributed by atoms with van der Waals surface area (Å²) in [6, 6.07) is 17.4. The Hall–Kier alpha value is -2.50. The second-order valence-electron chi connectivity index (χ2n) is 8.22. The molecule has 2 aromatic heterocycles. The van der Waals surface area contributed by atoms with E-state index < -0.39 is 16.1 Å². The van der Waals surface area contributed by atoms with Crippen LogP contribution in [-0.2, 0) is 16.4 Å². The van der Waals surface area contributed by atoms with E-state index >= 15 is 0 Å². The van der Waals surface area contributed by atoms with E-state index in [1.165, 1.54) is 0 Å². The van der Waals surface area contributed by atoms with Gasteiger partial charge in [-0.05, 0) is 57.4 Å². The number of aryl methyl sites for hydroxylation is 3. The molecule has 0 aliphatic carbocycles. The number of hydrogen-bond acceptors (Lipinski definition) is 6. The molecule has 0 saturated heterocycles. The summed E-state index contributed by atoms with van der Waals surface area (Å²) in [7, 11) is -3.98. The predicted octanol–water partition coefficient (Wildman–Crippen LogP) is 4.08. The maximum Gasteiger partial charge on any atom is 0.328 e. The molecule has 1 radical (unpaired) electrons. The SMILES string of the molecule is Cc1nc(S(=O)(=O)NC(=O)NCCc2ccc(-n3nc(C)c(-c4ccccc4)c3C)cc2)sc1C.[Na]. The van der Waals surface area contributed by atoms with Gasteiger partial charge in [0, 0.05) is 52.2 Å². The van der Waals surface area contributed by atoms with Crippen LogP contribution in [0.1, 0.15) is 27.5 Å². The van der Waals surface area contributed by atoms with Crippen LogP contribution in [0.5, 0.6) is 0 Å². The zero-order valence-corrected chi connectivity index (χ0v) is 24.6. The van der Waals surface area contributed by atoms with Crippen LogP contribution in [0.4, 0.5) is 4.79 Å². The third-order valence-electron chi connectivity index (χ3n) is 5.70. The summed E-state index contributed by atoms with van der Waals surface area (Å²) in [5, 5.41) is 7.32. The largest absolute Gasteiger partial charge is 0.337 e. The van der Waals surface area contributed by atoms with Crippen molar-refractivity contribution in [3.05, 3.63) is 82.1 Å². The second kappa shape index (κ2) is 11.7. The molecule has 2 N–H and O–H groups in total. The van der Waals surface area contributed by atoms with Crippen LogP contribution in [0.15, 0.2) is 58.9 Å². The summed E-state index contributed by atoms with van der Waals surface area (Å²) < 4.78 is 28.5. The number of amides is 2. The maximum atomic E-state index is 12.3. The quantitative estimate of drug-likeness (QED) is 0.349. The Kier molecular flexibility index (Phi) is 9.13. The summed E-state index contributed by atoms with van der Waals surface area (Å²) >= 11 is 1.04. The van der Waals surface area contributed by atoms with Gasteiger partial charge < -0.3 is 5.32 Å². The van der Waals surface area contributed by atoms with Gasteiger partial charge in [0.25, 0.3) is 10.0 Å². The first kappa shape index (κ1) is 28.1. The molecule has 0 saturated carbocycles. The zero-order chi connectivity index (χ0) is 25.2. The third-order valence-corrected chi connectivity index (χ3v) is 8.48. The molecule has 0 fully saturated rings. The molecule has 0 aliphatic rings. The van der Waals surface area contributed by atoms with Crippen LogP contribution >= 0.6 is 11.3 Å². The molecule has 2 aromatic carbocycles. The topological polar surface area (TPSA) is 106 Å². The molecule has 0 bridgehead atoms. The molecular weight excluding hydrogens is 505 g/mol. The van der Waals surface area contributed by atoms with Crippen molar-refractivity contribution in [3.8, 4) is 16.8 Å². The number of carbonyl (C=O) groups is 1. The van der Waals surface area contributed by atoms with E-state index in [0.717, 1.165) is 50.0 Å². The van der Waals surface area contributed by atoms with Crippen molar-refractivity contribution in [1.29, 1.82) is 0 Å². The maximum absolute atomic E-state index is 12.3. The van der Waals surface area contributed by atoms with E-state index in [4.69, 9.17) is 5.10 Å². The molecule has 2 amide bonds. The van der Waals surface area contributed by atoms with Gasteiger partial charge in [-0.2, -0.15) is 13.5 Å². The normalized spacial score (nSPS) is 11.1. The number of thiazole rings is 1. The van der Waals surface area contributed by atoms with Crippen molar-refractivity contribution in [2.45, 2.75) is 38.5 Å². The fourth-order valence-corrected chi connectivity index (χ4v) is 6.04. The van der Waals surface area contributed by atoms with Crippen LogP contribution in [-0.4, -0.2) is 65.3 Å². The Bertz CT molecular complexity index is 1440. The zero-order valence-electron chi connectivity index (χ0n) is 21.0. The second-order valence-corrected chi connectivity index (χ2v) is 11.3. The molecule has 0 spiro atoms. The first-order valence-electron chi connectivity index (χ1n) is 11.1. The molecule has 0 unspecified atom stereocenters. The average Bonchev–Trinajstić information content (AvgIpc) is 3.32. The van der Waals surface area contributed by atoms with E-state index in [0.29, 0.717) is 12.1 Å². The molecule has 183 valence electrons. The van der Waals surface area contributed by atoms with Crippen LogP contribution in [0.3, 0.4) is 0 Å². The fraction of sp³-hybridized carbons (Fsp3) is 0.240. The summed E-state index contributed by atoms with van der Waals surface area (Å²) in [4.78, 5) is 16.9. The number of urea groups is 1. The van der Waals surface area contributed by atoms with E-state index in [2.05, 4.69) is 29.4 Å². The van der Waals surface area contributed by atoms with Crippen LogP contribution in [0, 0.1) is 27.7 Å². The number of aromatic nitrogens is 3. The Labute approximate surface area is 237 Å². The number of nitrogens with one attached hydrogen (secondary N) is 2. The van der Waals surface area contributed by atoms with Gasteiger partial charge in [0.2, 0.25) is 4.34 Å². The summed E-state index contributed by atoms with van der Waals surface area (Å²) in [6.07, 6.45) is 0.551. The van der Waals surface area contributed by atoms with Gasteiger partial charge >= 0.3 is 6.03 Å². The first-order chi connectivity index (χ1) is 16.7. The van der Waals surface area contributed by atoms with Crippen molar-refractivity contribution in [2.75, 3.05) is 6.54 Å². The molecule has 4 rings (SSSR count). The van der Waals surface area contributed by atoms with Crippen molar-refractivity contribution in [3.63, 3.8) is 0 Å². The van der Waals surface area contributed by atoms with Gasteiger partial charge in [0.05, 0.1) is 17.1 Å². The monoisotopic (exact) mass is 532 g/mol. The van der Waals surface area contributed by atoms with Crippen molar-refractivity contribution in [2.24, 2.45) is 0 Å². The number of rotatable bonds is 7. The summed E-state index contributed by atoms with van der Waals surface area (Å²) in [5.41, 5.74) is 6.88. The number of hydrogen-bond donors (Lipinski definition) is 2. The Balaban J connectivity index is 0.00000361. The predicted molar refractivity (Wildman–Crippen MR) is 143 cm³/mol. The van der Waals surface area contributed by atoms with Gasteiger partial charge in [0.1, 0.15) is 0 Å². The molecule has 2 heterocycles. The summed E-state index contributed by atoms with van der Waals surface area (Å²) in [5.74, 6) is 0. The molecule has 36 heavy (non-hydrogen) atoms. The van der Waals surface area contributed by atoms with Crippen molar-refractivity contribution < 1.29 is 13.2 Å². The minimum absolute atomic E-state index is 0. The summed E-state index contributed by atoms with van der Waals surface area (Å²) in [6.45, 7) is 7.87. The van der Waals surface area contributed by atoms with E-state index in [-0.39, 0.29) is 40.4 Å². The number of nitrogens with zero attached hydrogens (tertiary/aromatic N) is 3. The number of carbonyl (C=O) groups excluding carboxylic acids is 1. The van der Waals surface area contributed by atoms with Gasteiger partial charge in [-0.15, -0.1) is 11.3 Å². The van der Waals surface area contributed by atoms with Crippen LogP contribution < -0.4 is 10.0 Å². The van der Waals surface area contributed by atoms with Gasteiger partial charge in [-0.1, -0.05) is 42.5 Å². The molecular formula is C25H27N5NaO3S2. The smallest absolute Gasteiger partial charge is 0.328 e. The number of sulfonamides is 1. The van der Waals surface area contributed by atoms with E-state index in [9.17, 15) is 13.2 Å². The van der Waals surface area contributed by atoms with Crippen LogP contribution in [0.25, 0.3) is 16.8 Å². The molecule has 0 aliphatic heterocycles. The number of benzene rings is 2. The Morgan fingerprint density at radius 3 is 2.25 bits per heavy atom. The molecule has 8 nitrogen and oxygen atoms in total. The van der Waals surface area contributed by atoms with Crippen molar-refractivity contribution in [1.82, 2.24) is 24.8 Å². The first-order valence-corrected chi connectivity index (χ1v) is 13.4. The standard InChI is InChI=1S/C25H27N5O3S2.Na/c1-16-19(4)34-25(27-16)35(32,33)29-24(31)26-15-14-20-10-12-22(13-11-20)30-18(3)23(17(2)28-30)21-8-6-5-7-9-21;/h5-13H,14-15H2,1-4H3,(H2,26,29,31);. The minimum atomic E-state index is -3.98. The molecule has 11 heteroatoms. The Morgan fingerprint density at radius 1 is 0.972 bits per heavy atom. The Morgan fingerprint density at radius 2 is 1.64 bits per heavy atom. The van der Waals surface area contributed by atoms with Crippen LogP contribution in [0.2, 0.25) is 0 Å². The van der Waals surface area contributed by atoms with Gasteiger partial charge in [0.15, 0.2) is 0 Å². The minimum Gasteiger partial charge on any atom is -0.337 e. The molecule has 0 atom stereocenters. The average molecular weight is 533 g/mol. The van der Waals surface area contributed by atoms with Crippen molar-refractivity contribution >= 4 is 56.9 Å². The fourth-order valence-electron chi connectivity index (χ4n) is 3.80. The van der Waals surface area contributed by atoms with Gasteiger partial charge in [-0.3, -0.25) is 0 Å². The van der Waals surface area contributed by atoms with E-state index in [1.54, 1.807) is 13.8 Å². The van der Waals surface area contributed by atoms with E-state index in [1.807, 2.05) is 58.8 Å². The van der Waals surface area contributed by atoms with Gasteiger partial charge in [-0.25, -0.2) is 19.2 Å². The molecule has 4 aromatic rings. The third kappa shape index (κ3) is 6.24.